The lowest BCUT2D eigenvalue weighted by atomic mass is 9.86. The van der Waals surface area contributed by atoms with Gasteiger partial charge in [0.05, 0.1) is 16.3 Å². The molecule has 0 spiro atoms. The first-order chi connectivity index (χ1) is 11.6. The van der Waals surface area contributed by atoms with Crippen LogP contribution in [0.3, 0.4) is 0 Å². The van der Waals surface area contributed by atoms with Crippen molar-refractivity contribution in [3.05, 3.63) is 28.7 Å². The second-order valence-corrected chi connectivity index (χ2v) is 7.99. The van der Waals surface area contributed by atoms with Crippen molar-refractivity contribution in [1.29, 1.82) is 0 Å². The van der Waals surface area contributed by atoms with Gasteiger partial charge in [0.1, 0.15) is 0 Å². The van der Waals surface area contributed by atoms with Crippen molar-refractivity contribution in [1.82, 2.24) is 9.29 Å². The first-order valence-corrected chi connectivity index (χ1v) is 9.25. The van der Waals surface area contributed by atoms with E-state index in [1.807, 2.05) is 0 Å². The minimum Gasteiger partial charge on any atom is -0.408 e. The molecule has 1 aromatic carbocycles. The molecule has 0 bridgehead atoms. The summed E-state index contributed by atoms with van der Waals surface area (Å²) in [6.45, 7) is 0. The van der Waals surface area contributed by atoms with Crippen LogP contribution < -0.4 is 10.5 Å². The van der Waals surface area contributed by atoms with Crippen molar-refractivity contribution < 1.29 is 26.0 Å². The Hall–Kier alpha value is -1.81. The summed E-state index contributed by atoms with van der Waals surface area (Å²) in [6.07, 6.45) is -3.91. The summed E-state index contributed by atoms with van der Waals surface area (Å²) in [7, 11) is -2.53. The van der Waals surface area contributed by atoms with E-state index in [1.165, 1.54) is 29.8 Å². The van der Waals surface area contributed by atoms with Gasteiger partial charge in [0.25, 0.3) is 0 Å². The second-order valence-electron chi connectivity index (χ2n) is 6.28. The predicted octanol–water partition coefficient (Wildman–Crippen LogP) is 2.53. The number of nitrogens with zero attached hydrogens (tertiary/aromatic N) is 1. The Morgan fingerprint density at radius 3 is 2.68 bits per heavy atom. The van der Waals surface area contributed by atoms with Gasteiger partial charge in [-0.05, 0) is 31.4 Å². The average Bonchev–Trinajstić information content (AvgIpc) is 2.80. The number of halogens is 3. The lowest BCUT2D eigenvalue weighted by Crippen LogP contribution is -2.41. The van der Waals surface area contributed by atoms with Gasteiger partial charge in [-0.2, -0.15) is 13.2 Å². The quantitative estimate of drug-likeness (QED) is 0.890. The van der Waals surface area contributed by atoms with Gasteiger partial charge >= 0.3 is 11.9 Å². The van der Waals surface area contributed by atoms with Gasteiger partial charge in [0.2, 0.25) is 10.0 Å². The van der Waals surface area contributed by atoms with Gasteiger partial charge in [-0.15, -0.1) is 0 Å². The van der Waals surface area contributed by atoms with Crippen LogP contribution in [0.4, 0.5) is 13.2 Å². The summed E-state index contributed by atoms with van der Waals surface area (Å²) in [5, 5.41) is 0. The number of hydrogen-bond donors (Lipinski definition) is 1. The Balaban J connectivity index is 1.83. The standard InChI is InChI=1S/C15H17F3N2O4S/c1-20-12-6-5-11(8-13(12)24-14(20)21)25(22,23)19-10-4-2-3-9(7-10)15(16,17)18/h5-6,8-10,19H,2-4,7H2,1H3. The van der Waals surface area contributed by atoms with Crippen LogP contribution in [0.15, 0.2) is 32.3 Å². The van der Waals surface area contributed by atoms with E-state index in [2.05, 4.69) is 4.72 Å². The van der Waals surface area contributed by atoms with Gasteiger partial charge < -0.3 is 4.42 Å². The molecule has 25 heavy (non-hydrogen) atoms. The van der Waals surface area contributed by atoms with Crippen molar-refractivity contribution in [3.63, 3.8) is 0 Å². The molecule has 2 unspecified atom stereocenters. The van der Waals surface area contributed by atoms with Crippen LogP contribution >= 0.6 is 0 Å². The molecule has 10 heteroatoms. The fourth-order valence-corrected chi connectivity index (χ4v) is 4.46. The fourth-order valence-electron chi connectivity index (χ4n) is 3.16. The largest absolute Gasteiger partial charge is 0.419 e. The van der Waals surface area contributed by atoms with Gasteiger partial charge in [0.15, 0.2) is 5.58 Å². The maximum absolute atomic E-state index is 12.9. The maximum atomic E-state index is 12.9. The number of benzene rings is 1. The third-order valence-corrected chi connectivity index (χ3v) is 6.05. The number of fused-ring (bicyclic) bond motifs is 1. The van der Waals surface area contributed by atoms with E-state index >= 15 is 0 Å². The molecule has 6 nitrogen and oxygen atoms in total. The van der Waals surface area contributed by atoms with Crippen LogP contribution in [0.1, 0.15) is 25.7 Å². The molecule has 1 aliphatic carbocycles. The van der Waals surface area contributed by atoms with E-state index in [1.54, 1.807) is 0 Å². The summed E-state index contributed by atoms with van der Waals surface area (Å²) in [5.74, 6) is -2.12. The van der Waals surface area contributed by atoms with Crippen molar-refractivity contribution in [2.75, 3.05) is 0 Å². The highest BCUT2D eigenvalue weighted by molar-refractivity contribution is 7.89. The first-order valence-electron chi connectivity index (χ1n) is 7.76. The molecule has 1 saturated carbocycles. The monoisotopic (exact) mass is 378 g/mol. The van der Waals surface area contributed by atoms with Gasteiger partial charge in [-0.3, -0.25) is 4.57 Å². The molecule has 0 radical (unpaired) electrons. The molecule has 1 aliphatic rings. The maximum Gasteiger partial charge on any atom is 0.419 e. The van der Waals surface area contributed by atoms with Crippen LogP contribution in [0.25, 0.3) is 11.1 Å². The van der Waals surface area contributed by atoms with E-state index in [0.29, 0.717) is 18.4 Å². The molecule has 1 fully saturated rings. The Morgan fingerprint density at radius 1 is 1.28 bits per heavy atom. The molecule has 0 saturated heterocycles. The van der Waals surface area contributed by atoms with E-state index in [9.17, 15) is 26.4 Å². The van der Waals surface area contributed by atoms with Gasteiger partial charge in [-0.1, -0.05) is 6.42 Å². The molecular weight excluding hydrogens is 361 g/mol. The number of sulfonamides is 1. The summed E-state index contributed by atoms with van der Waals surface area (Å²) in [5.41, 5.74) is 0.533. The zero-order valence-electron chi connectivity index (χ0n) is 13.3. The van der Waals surface area contributed by atoms with Crippen molar-refractivity contribution >= 4 is 21.1 Å². The Morgan fingerprint density at radius 2 is 2.00 bits per heavy atom. The number of oxazole rings is 1. The first kappa shape index (κ1) is 18.0. The predicted molar refractivity (Wildman–Crippen MR) is 83.6 cm³/mol. The molecule has 1 N–H and O–H groups in total. The Bertz CT molecular complexity index is 946. The summed E-state index contributed by atoms with van der Waals surface area (Å²) >= 11 is 0. The molecule has 3 rings (SSSR count). The topological polar surface area (TPSA) is 81.3 Å². The van der Waals surface area contributed by atoms with E-state index < -0.39 is 33.9 Å². The molecule has 2 aromatic rings. The zero-order valence-corrected chi connectivity index (χ0v) is 14.2. The Kier molecular flexibility index (Phi) is 4.44. The van der Waals surface area contributed by atoms with Gasteiger partial charge in [0, 0.05) is 19.2 Å². The highest BCUT2D eigenvalue weighted by atomic mass is 32.2. The summed E-state index contributed by atoms with van der Waals surface area (Å²) in [4.78, 5) is 11.3. The Labute approximate surface area is 141 Å². The third-order valence-electron chi connectivity index (χ3n) is 4.53. The fraction of sp³-hybridized carbons (Fsp3) is 0.533. The normalized spacial score (nSPS) is 22.4. The van der Waals surface area contributed by atoms with Crippen LogP contribution in [-0.2, 0) is 17.1 Å². The molecule has 1 aromatic heterocycles. The summed E-state index contributed by atoms with van der Waals surface area (Å²) in [6, 6.07) is 3.14. The molecule has 138 valence electrons. The van der Waals surface area contributed by atoms with E-state index in [-0.39, 0.29) is 23.3 Å². The van der Waals surface area contributed by atoms with Crippen LogP contribution in [0, 0.1) is 5.92 Å². The minimum atomic E-state index is -4.32. The molecular formula is C15H17F3N2O4S. The summed E-state index contributed by atoms with van der Waals surface area (Å²) < 4.78 is 72.1. The third kappa shape index (κ3) is 3.59. The van der Waals surface area contributed by atoms with Crippen LogP contribution in [0.2, 0.25) is 0 Å². The van der Waals surface area contributed by atoms with E-state index in [0.717, 1.165) is 0 Å². The number of rotatable bonds is 3. The van der Waals surface area contributed by atoms with Crippen molar-refractivity contribution in [2.45, 2.75) is 42.8 Å². The lowest BCUT2D eigenvalue weighted by molar-refractivity contribution is -0.183. The van der Waals surface area contributed by atoms with Crippen LogP contribution in [-0.4, -0.2) is 25.2 Å². The number of hydrogen-bond acceptors (Lipinski definition) is 4. The molecule has 0 aliphatic heterocycles. The highest BCUT2D eigenvalue weighted by Gasteiger charge is 2.42. The number of aryl methyl sites for hydroxylation is 1. The SMILES string of the molecule is Cn1c(=O)oc2cc(S(=O)(=O)NC3CCCC(C(F)(F)F)C3)ccc21. The molecule has 2 atom stereocenters. The second kappa shape index (κ2) is 6.17. The van der Waals surface area contributed by atoms with Gasteiger partial charge in [-0.25, -0.2) is 17.9 Å². The van der Waals surface area contributed by atoms with Crippen molar-refractivity contribution in [2.24, 2.45) is 13.0 Å². The minimum absolute atomic E-state index is 0.0167. The molecule has 0 amide bonds. The van der Waals surface area contributed by atoms with Crippen molar-refractivity contribution in [3.8, 4) is 0 Å². The average molecular weight is 378 g/mol. The zero-order chi connectivity index (χ0) is 18.4. The van der Waals surface area contributed by atoms with E-state index in [4.69, 9.17) is 4.42 Å². The highest BCUT2D eigenvalue weighted by Crippen LogP contribution is 2.37. The number of nitrogens with one attached hydrogen (secondary N) is 1. The number of aromatic nitrogens is 1. The molecule has 1 heterocycles. The number of alkyl halides is 3. The van der Waals surface area contributed by atoms with Crippen LogP contribution in [0.5, 0.6) is 0 Å². The smallest absolute Gasteiger partial charge is 0.408 e. The lowest BCUT2D eigenvalue weighted by Gasteiger charge is -2.30.